The molecule has 22 heavy (non-hydrogen) atoms. The van der Waals surface area contributed by atoms with Crippen LogP contribution in [0.3, 0.4) is 0 Å². The van der Waals surface area contributed by atoms with Gasteiger partial charge in [-0.15, -0.1) is 0 Å². The van der Waals surface area contributed by atoms with Gasteiger partial charge in [0.15, 0.2) is 5.88 Å². The molecule has 1 amide bonds. The van der Waals surface area contributed by atoms with Crippen LogP contribution in [0.1, 0.15) is 29.8 Å². The van der Waals surface area contributed by atoms with Crippen molar-refractivity contribution < 1.29 is 9.90 Å². The Bertz CT molecular complexity index is 824. The largest absolute Gasteiger partial charge is 0.494 e. The lowest BCUT2D eigenvalue weighted by Crippen LogP contribution is -1.98. The highest BCUT2D eigenvalue weighted by Crippen LogP contribution is 2.37. The smallest absolute Gasteiger partial charge is 0.280 e. The number of allylic oxidation sites excluding steroid dienone is 4. The van der Waals surface area contributed by atoms with Gasteiger partial charge in [-0.2, -0.15) is 0 Å². The van der Waals surface area contributed by atoms with Crippen LogP contribution < -0.4 is 0 Å². The Morgan fingerprint density at radius 3 is 2.64 bits per heavy atom. The summed E-state index contributed by atoms with van der Waals surface area (Å²) in [6.45, 7) is 3.79. The van der Waals surface area contributed by atoms with Crippen molar-refractivity contribution in [3.63, 3.8) is 0 Å². The van der Waals surface area contributed by atoms with E-state index in [4.69, 9.17) is 0 Å². The number of aromatic nitrogens is 1. The number of aromatic amines is 1. The fraction of sp³-hybridized carbons (Fsp3) is 0.111. The van der Waals surface area contributed by atoms with Gasteiger partial charge in [0.2, 0.25) is 0 Å². The van der Waals surface area contributed by atoms with E-state index < -0.39 is 0 Å². The Labute approximate surface area is 128 Å². The number of nitrogens with zero attached hydrogens (tertiary/aromatic N) is 1. The Hall–Kier alpha value is -2.88. The minimum atomic E-state index is -0.325. The number of carbonyl (C=O) groups is 1. The molecule has 3 rings (SSSR count). The maximum absolute atomic E-state index is 12.3. The van der Waals surface area contributed by atoms with E-state index in [2.05, 4.69) is 9.98 Å². The first-order valence-electron chi connectivity index (χ1n) is 7.07. The van der Waals surface area contributed by atoms with E-state index in [1.807, 2.05) is 62.4 Å². The Kier molecular flexibility index (Phi) is 3.51. The normalized spacial score (nSPS) is 14.5. The second-order valence-corrected chi connectivity index (χ2v) is 5.11. The lowest BCUT2D eigenvalue weighted by atomic mass is 10.0. The minimum absolute atomic E-state index is 0.0216. The lowest BCUT2D eigenvalue weighted by molar-refractivity contribution is 0.101. The molecule has 2 heterocycles. The number of hydrogen-bond acceptors (Lipinski definition) is 2. The molecule has 2 N–H and O–H groups in total. The molecule has 1 aromatic heterocycles. The minimum Gasteiger partial charge on any atom is -0.494 e. The maximum Gasteiger partial charge on any atom is 0.280 e. The van der Waals surface area contributed by atoms with E-state index in [1.54, 1.807) is 0 Å². The van der Waals surface area contributed by atoms with Crippen molar-refractivity contribution in [2.75, 3.05) is 0 Å². The predicted octanol–water partition coefficient (Wildman–Crippen LogP) is 3.85. The quantitative estimate of drug-likeness (QED) is 0.844. The van der Waals surface area contributed by atoms with Gasteiger partial charge < -0.3 is 10.1 Å². The van der Waals surface area contributed by atoms with E-state index in [9.17, 15) is 9.90 Å². The molecule has 0 fully saturated rings. The third-order valence-corrected chi connectivity index (χ3v) is 3.62. The van der Waals surface area contributed by atoms with Gasteiger partial charge in [0, 0.05) is 0 Å². The monoisotopic (exact) mass is 292 g/mol. The van der Waals surface area contributed by atoms with Gasteiger partial charge in [-0.1, -0.05) is 48.6 Å². The number of nitrogens with one attached hydrogen (secondary N) is 1. The number of fused-ring (bicyclic) bond motifs is 1. The zero-order valence-corrected chi connectivity index (χ0v) is 12.4. The number of rotatable bonds is 3. The van der Waals surface area contributed by atoms with E-state index in [0.29, 0.717) is 22.5 Å². The van der Waals surface area contributed by atoms with Gasteiger partial charge in [-0.3, -0.25) is 4.79 Å². The second-order valence-electron chi connectivity index (χ2n) is 5.11. The zero-order chi connectivity index (χ0) is 15.7. The van der Waals surface area contributed by atoms with Crippen molar-refractivity contribution in [1.82, 2.24) is 4.98 Å². The van der Waals surface area contributed by atoms with Gasteiger partial charge in [0.1, 0.15) is 0 Å². The van der Waals surface area contributed by atoms with Crippen molar-refractivity contribution in [3.05, 3.63) is 65.3 Å². The third-order valence-electron chi connectivity index (χ3n) is 3.62. The molecule has 0 aliphatic carbocycles. The molecule has 4 nitrogen and oxygen atoms in total. The summed E-state index contributed by atoms with van der Waals surface area (Å²) in [7, 11) is 0. The van der Waals surface area contributed by atoms with Gasteiger partial charge in [-0.25, -0.2) is 4.99 Å². The summed E-state index contributed by atoms with van der Waals surface area (Å²) in [5, 5.41) is 10.2. The van der Waals surface area contributed by atoms with Crippen molar-refractivity contribution in [2.24, 2.45) is 4.99 Å². The van der Waals surface area contributed by atoms with Crippen LogP contribution in [0.4, 0.5) is 0 Å². The summed E-state index contributed by atoms with van der Waals surface area (Å²) in [4.78, 5) is 19.3. The first kappa shape index (κ1) is 14.1. The zero-order valence-electron chi connectivity index (χ0n) is 12.4. The summed E-state index contributed by atoms with van der Waals surface area (Å²) in [5.74, 6) is -0.347. The number of benzene rings is 1. The van der Waals surface area contributed by atoms with Crippen LogP contribution >= 0.6 is 0 Å². The maximum atomic E-state index is 12.3. The van der Waals surface area contributed by atoms with Crippen molar-refractivity contribution >= 4 is 11.6 Å². The van der Waals surface area contributed by atoms with E-state index in [-0.39, 0.29) is 11.8 Å². The van der Waals surface area contributed by atoms with Crippen LogP contribution in [0.25, 0.3) is 11.3 Å². The number of amides is 1. The molecule has 4 heteroatoms. The molecule has 110 valence electrons. The van der Waals surface area contributed by atoms with Crippen LogP contribution in [0, 0.1) is 0 Å². The van der Waals surface area contributed by atoms with Gasteiger partial charge in [0.05, 0.1) is 22.5 Å². The number of carbonyl (C=O) groups excluding carboxylic acids is 1. The molecule has 0 radical (unpaired) electrons. The van der Waals surface area contributed by atoms with Crippen LogP contribution in [0.5, 0.6) is 5.88 Å². The lowest BCUT2D eigenvalue weighted by Gasteiger charge is -1.99. The summed E-state index contributed by atoms with van der Waals surface area (Å²) in [6, 6.07) is 9.45. The third kappa shape index (κ3) is 2.19. The van der Waals surface area contributed by atoms with Crippen LogP contribution in [-0.4, -0.2) is 21.7 Å². The first-order valence-corrected chi connectivity index (χ1v) is 7.07. The van der Waals surface area contributed by atoms with Crippen molar-refractivity contribution in [2.45, 2.75) is 13.8 Å². The molecule has 0 saturated carbocycles. The molecule has 2 aromatic rings. The second kappa shape index (κ2) is 5.48. The summed E-state index contributed by atoms with van der Waals surface area (Å²) < 4.78 is 0. The molecule has 1 aliphatic heterocycles. The number of H-pyrrole nitrogens is 1. The SMILES string of the molecule is C/C=C\C=C(/C)C1=NC(=O)c2c(-c3ccccc3)[nH]c(O)c21. The topological polar surface area (TPSA) is 65.5 Å². The van der Waals surface area contributed by atoms with Crippen molar-refractivity contribution in [1.29, 1.82) is 0 Å². The van der Waals surface area contributed by atoms with E-state index in [1.165, 1.54) is 0 Å². The summed E-state index contributed by atoms with van der Waals surface area (Å²) >= 11 is 0. The highest BCUT2D eigenvalue weighted by molar-refractivity contribution is 6.30. The fourth-order valence-electron chi connectivity index (χ4n) is 2.57. The van der Waals surface area contributed by atoms with Gasteiger partial charge >= 0.3 is 0 Å². The Balaban J connectivity index is 2.15. The molecule has 0 bridgehead atoms. The molecule has 0 unspecified atom stereocenters. The fourth-order valence-corrected chi connectivity index (χ4v) is 2.57. The average molecular weight is 292 g/mol. The Morgan fingerprint density at radius 2 is 1.95 bits per heavy atom. The number of aromatic hydroxyl groups is 1. The van der Waals surface area contributed by atoms with Crippen molar-refractivity contribution in [3.8, 4) is 17.1 Å². The molecule has 0 spiro atoms. The first-order chi connectivity index (χ1) is 10.6. The highest BCUT2D eigenvalue weighted by atomic mass is 16.3. The van der Waals surface area contributed by atoms with E-state index >= 15 is 0 Å². The number of aliphatic imine (C=N–C) groups is 1. The summed E-state index contributed by atoms with van der Waals surface area (Å²) in [6.07, 6.45) is 5.64. The molecule has 0 saturated heterocycles. The van der Waals surface area contributed by atoms with Crippen LogP contribution in [0.15, 0.2) is 59.1 Å². The predicted molar refractivity (Wildman–Crippen MR) is 87.3 cm³/mol. The number of hydrogen-bond donors (Lipinski definition) is 2. The summed E-state index contributed by atoms with van der Waals surface area (Å²) in [5.41, 5.74) is 3.73. The van der Waals surface area contributed by atoms with E-state index in [0.717, 1.165) is 11.1 Å². The average Bonchev–Trinajstić information content (AvgIpc) is 3.05. The highest BCUT2D eigenvalue weighted by Gasteiger charge is 2.33. The molecule has 1 aliphatic rings. The molecular formula is C18H16N2O2. The van der Waals surface area contributed by atoms with Crippen LogP contribution in [-0.2, 0) is 0 Å². The van der Waals surface area contributed by atoms with Gasteiger partial charge in [-0.05, 0) is 25.0 Å². The molecule has 1 aromatic carbocycles. The van der Waals surface area contributed by atoms with Gasteiger partial charge in [0.25, 0.3) is 5.91 Å². The Morgan fingerprint density at radius 1 is 1.23 bits per heavy atom. The standard InChI is InChI=1S/C18H16N2O2/c1-3-4-8-11(2)15-13-14(18(22)19-15)16(20-17(13)21)12-9-6-5-7-10-12/h3-10,20-21H,1-2H3/b4-3-,11-8+. The van der Waals surface area contributed by atoms with Crippen LogP contribution in [0.2, 0.25) is 0 Å². The molecular weight excluding hydrogens is 276 g/mol. The molecule has 0 atom stereocenters.